The van der Waals surface area contributed by atoms with Crippen LogP contribution in [0.2, 0.25) is 0 Å². The van der Waals surface area contributed by atoms with Crippen molar-refractivity contribution in [3.05, 3.63) is 30.3 Å². The smallest absolute Gasteiger partial charge is 0.393 e. The van der Waals surface area contributed by atoms with E-state index in [2.05, 4.69) is 0 Å². The molecule has 1 aliphatic heterocycles. The van der Waals surface area contributed by atoms with Crippen LogP contribution in [0.3, 0.4) is 0 Å². The van der Waals surface area contributed by atoms with Crippen molar-refractivity contribution in [2.24, 2.45) is 11.8 Å². The molecule has 0 radical (unpaired) electrons. The summed E-state index contributed by atoms with van der Waals surface area (Å²) in [6, 6.07) is 9.09. The molecule has 1 fully saturated rings. The van der Waals surface area contributed by atoms with Gasteiger partial charge in [0.2, 0.25) is 0 Å². The lowest BCUT2D eigenvalue weighted by molar-refractivity contribution is -0.193. The van der Waals surface area contributed by atoms with Gasteiger partial charge in [-0.05, 0) is 24.5 Å². The van der Waals surface area contributed by atoms with Gasteiger partial charge in [-0.15, -0.1) is 0 Å². The monoisotopic (exact) mass is 259 g/mol. The second-order valence-corrected chi connectivity index (χ2v) is 4.66. The van der Waals surface area contributed by atoms with E-state index in [0.29, 0.717) is 13.0 Å². The summed E-state index contributed by atoms with van der Waals surface area (Å²) in [5, 5.41) is 9.06. The first-order valence-electron chi connectivity index (χ1n) is 6.00. The highest BCUT2D eigenvalue weighted by molar-refractivity contribution is 5.46. The number of benzene rings is 1. The Kier molecular flexibility index (Phi) is 3.80. The summed E-state index contributed by atoms with van der Waals surface area (Å²) in [6.07, 6.45) is -3.88. The fraction of sp³-hybridized carbons (Fsp3) is 0.538. The first-order valence-corrected chi connectivity index (χ1v) is 6.00. The minimum Gasteiger partial charge on any atom is -0.396 e. The second kappa shape index (κ2) is 5.18. The van der Waals surface area contributed by atoms with Crippen LogP contribution in [0.4, 0.5) is 18.9 Å². The number of rotatable bonds is 2. The number of anilines is 1. The molecule has 0 saturated carbocycles. The maximum atomic E-state index is 12.9. The van der Waals surface area contributed by atoms with Gasteiger partial charge in [-0.3, -0.25) is 0 Å². The fourth-order valence-electron chi connectivity index (χ4n) is 2.46. The zero-order valence-electron chi connectivity index (χ0n) is 9.90. The standard InChI is InChI=1S/C13H16F3NO/c14-13(15,16)12-8-17(7-6-10(12)9-18)11-4-2-1-3-5-11/h1-5,10,12,18H,6-9H2. The summed E-state index contributed by atoms with van der Waals surface area (Å²) < 4.78 is 38.8. The molecule has 2 atom stereocenters. The number of hydrogen-bond donors (Lipinski definition) is 1. The van der Waals surface area contributed by atoms with Crippen molar-refractivity contribution in [1.29, 1.82) is 0 Å². The molecule has 1 N–H and O–H groups in total. The van der Waals surface area contributed by atoms with Crippen LogP contribution >= 0.6 is 0 Å². The van der Waals surface area contributed by atoms with E-state index < -0.39 is 24.6 Å². The molecule has 1 aromatic rings. The van der Waals surface area contributed by atoms with Crippen LogP contribution in [0.15, 0.2) is 30.3 Å². The third-order valence-corrected chi connectivity index (χ3v) is 3.53. The summed E-state index contributed by atoms with van der Waals surface area (Å²) in [7, 11) is 0. The van der Waals surface area contributed by atoms with Crippen LogP contribution in [0.25, 0.3) is 0 Å². The third-order valence-electron chi connectivity index (χ3n) is 3.53. The average molecular weight is 259 g/mol. The van der Waals surface area contributed by atoms with Crippen molar-refractivity contribution in [3.8, 4) is 0 Å². The third kappa shape index (κ3) is 2.77. The highest BCUT2D eigenvalue weighted by Gasteiger charge is 2.47. The van der Waals surface area contributed by atoms with Gasteiger partial charge in [-0.1, -0.05) is 18.2 Å². The van der Waals surface area contributed by atoms with Crippen molar-refractivity contribution < 1.29 is 18.3 Å². The number of hydrogen-bond acceptors (Lipinski definition) is 2. The normalized spacial score (nSPS) is 25.2. The molecule has 18 heavy (non-hydrogen) atoms. The van der Waals surface area contributed by atoms with Gasteiger partial charge in [0, 0.05) is 25.4 Å². The Morgan fingerprint density at radius 2 is 1.89 bits per heavy atom. The highest BCUT2D eigenvalue weighted by atomic mass is 19.4. The van der Waals surface area contributed by atoms with Crippen LogP contribution in [-0.2, 0) is 0 Å². The Balaban J connectivity index is 2.15. The molecule has 1 heterocycles. The molecule has 5 heteroatoms. The summed E-state index contributed by atoms with van der Waals surface area (Å²) in [4.78, 5) is 1.74. The zero-order chi connectivity index (χ0) is 13.2. The van der Waals surface area contributed by atoms with Gasteiger partial charge in [0.25, 0.3) is 0 Å². The molecule has 0 bridgehead atoms. The van der Waals surface area contributed by atoms with Crippen LogP contribution in [0.5, 0.6) is 0 Å². The first-order chi connectivity index (χ1) is 8.52. The molecule has 0 aliphatic carbocycles. The lowest BCUT2D eigenvalue weighted by Crippen LogP contribution is -2.48. The lowest BCUT2D eigenvalue weighted by Gasteiger charge is -2.39. The van der Waals surface area contributed by atoms with E-state index in [9.17, 15) is 13.2 Å². The maximum Gasteiger partial charge on any atom is 0.393 e. The molecule has 0 aromatic heterocycles. The molecule has 2 nitrogen and oxygen atoms in total. The minimum atomic E-state index is -4.25. The molecule has 1 aromatic carbocycles. The number of aliphatic hydroxyl groups excluding tert-OH is 1. The molecule has 1 saturated heterocycles. The summed E-state index contributed by atoms with van der Waals surface area (Å²) >= 11 is 0. The Labute approximate surface area is 104 Å². The number of alkyl halides is 3. The predicted octanol–water partition coefficient (Wildman–Crippen LogP) is 2.68. The van der Waals surface area contributed by atoms with Gasteiger partial charge in [-0.25, -0.2) is 0 Å². The average Bonchev–Trinajstić information content (AvgIpc) is 2.38. The molecule has 100 valence electrons. The second-order valence-electron chi connectivity index (χ2n) is 4.66. The molecule has 2 rings (SSSR count). The predicted molar refractivity (Wildman–Crippen MR) is 63.4 cm³/mol. The molecular weight excluding hydrogens is 243 g/mol. The van der Waals surface area contributed by atoms with Crippen molar-refractivity contribution in [2.75, 3.05) is 24.6 Å². The van der Waals surface area contributed by atoms with Crippen LogP contribution in [0.1, 0.15) is 6.42 Å². The van der Waals surface area contributed by atoms with Gasteiger partial charge in [0.15, 0.2) is 0 Å². The van der Waals surface area contributed by atoms with E-state index >= 15 is 0 Å². The Hall–Kier alpha value is -1.23. The fourth-order valence-corrected chi connectivity index (χ4v) is 2.46. The molecule has 1 aliphatic rings. The Morgan fingerprint density at radius 1 is 1.22 bits per heavy atom. The number of aliphatic hydroxyl groups is 1. The molecule has 0 spiro atoms. The van der Waals surface area contributed by atoms with E-state index in [1.54, 1.807) is 4.90 Å². The van der Waals surface area contributed by atoms with Crippen molar-refractivity contribution in [1.82, 2.24) is 0 Å². The van der Waals surface area contributed by atoms with E-state index in [1.807, 2.05) is 30.3 Å². The number of halogens is 3. The van der Waals surface area contributed by atoms with E-state index in [1.165, 1.54) is 0 Å². The van der Waals surface area contributed by atoms with Gasteiger partial charge in [0.05, 0.1) is 5.92 Å². The van der Waals surface area contributed by atoms with Gasteiger partial charge in [0.1, 0.15) is 0 Å². The van der Waals surface area contributed by atoms with Crippen LogP contribution < -0.4 is 4.90 Å². The van der Waals surface area contributed by atoms with Crippen LogP contribution in [-0.4, -0.2) is 31.0 Å². The van der Waals surface area contributed by atoms with E-state index in [-0.39, 0.29) is 6.54 Å². The van der Waals surface area contributed by atoms with Crippen LogP contribution in [0, 0.1) is 11.8 Å². The Bertz CT molecular complexity index is 380. The first kappa shape index (κ1) is 13.2. The number of nitrogens with zero attached hydrogens (tertiary/aromatic N) is 1. The van der Waals surface area contributed by atoms with Crippen molar-refractivity contribution >= 4 is 5.69 Å². The zero-order valence-corrected chi connectivity index (χ0v) is 9.90. The van der Waals surface area contributed by atoms with Gasteiger partial charge < -0.3 is 10.0 Å². The molecular formula is C13H16F3NO. The topological polar surface area (TPSA) is 23.5 Å². The molecule has 2 unspecified atom stereocenters. The highest BCUT2D eigenvalue weighted by Crippen LogP contribution is 2.38. The lowest BCUT2D eigenvalue weighted by atomic mass is 9.85. The summed E-state index contributed by atoms with van der Waals surface area (Å²) in [5.74, 6) is -2.12. The van der Waals surface area contributed by atoms with Crippen molar-refractivity contribution in [3.63, 3.8) is 0 Å². The van der Waals surface area contributed by atoms with E-state index in [0.717, 1.165) is 5.69 Å². The summed E-state index contributed by atoms with van der Waals surface area (Å²) in [6.45, 7) is 0.0906. The minimum absolute atomic E-state index is 0.0707. The van der Waals surface area contributed by atoms with E-state index in [4.69, 9.17) is 5.11 Å². The quantitative estimate of drug-likeness (QED) is 0.882. The number of piperidine rings is 1. The molecule has 0 amide bonds. The van der Waals surface area contributed by atoms with Gasteiger partial charge >= 0.3 is 6.18 Å². The maximum absolute atomic E-state index is 12.9. The largest absolute Gasteiger partial charge is 0.396 e. The Morgan fingerprint density at radius 3 is 2.44 bits per heavy atom. The van der Waals surface area contributed by atoms with Gasteiger partial charge in [-0.2, -0.15) is 13.2 Å². The van der Waals surface area contributed by atoms with Crippen molar-refractivity contribution in [2.45, 2.75) is 12.6 Å². The summed E-state index contributed by atoms with van der Waals surface area (Å²) in [5.41, 5.74) is 0.808. The number of para-hydroxylation sites is 1. The SMILES string of the molecule is OCC1CCN(c2ccccc2)CC1C(F)(F)F.